The van der Waals surface area contributed by atoms with E-state index in [1.54, 1.807) is 0 Å². The van der Waals surface area contributed by atoms with E-state index in [9.17, 15) is 4.39 Å². The monoisotopic (exact) mass is 260 g/mol. The highest BCUT2D eigenvalue weighted by Gasteiger charge is 2.28. The quantitative estimate of drug-likeness (QED) is 0.789. The van der Waals surface area contributed by atoms with Crippen molar-refractivity contribution >= 4 is 10.9 Å². The van der Waals surface area contributed by atoms with Crippen molar-refractivity contribution in [1.82, 2.24) is 10.3 Å². The Labute approximate surface area is 114 Å². The van der Waals surface area contributed by atoms with E-state index < -0.39 is 6.67 Å². The topological polar surface area (TPSA) is 27.8 Å². The van der Waals surface area contributed by atoms with Gasteiger partial charge in [0, 0.05) is 24.1 Å². The van der Waals surface area contributed by atoms with Crippen LogP contribution in [0, 0.1) is 6.92 Å². The second kappa shape index (κ2) is 4.49. The molecule has 3 heteroatoms. The van der Waals surface area contributed by atoms with Crippen molar-refractivity contribution in [2.45, 2.75) is 32.4 Å². The zero-order valence-corrected chi connectivity index (χ0v) is 11.4. The Morgan fingerprint density at radius 1 is 1.53 bits per heavy atom. The smallest absolute Gasteiger partial charge is 0.112 e. The Hall–Kier alpha value is -1.61. The molecule has 1 aliphatic heterocycles. The molecule has 0 fully saturated rings. The number of hydrogen-bond donors (Lipinski definition) is 2. The van der Waals surface area contributed by atoms with Crippen LogP contribution in [0.4, 0.5) is 4.39 Å². The van der Waals surface area contributed by atoms with Crippen molar-refractivity contribution in [2.75, 3.05) is 6.67 Å². The van der Waals surface area contributed by atoms with Crippen LogP contribution >= 0.6 is 0 Å². The molecule has 0 bridgehead atoms. The maximum Gasteiger partial charge on any atom is 0.112 e. The van der Waals surface area contributed by atoms with E-state index in [4.69, 9.17) is 0 Å². The molecule has 1 unspecified atom stereocenters. The van der Waals surface area contributed by atoms with Gasteiger partial charge < -0.3 is 10.3 Å². The highest BCUT2D eigenvalue weighted by Crippen LogP contribution is 2.35. The zero-order valence-electron chi connectivity index (χ0n) is 11.4. The fourth-order valence-electron chi connectivity index (χ4n) is 2.98. The lowest BCUT2D eigenvalue weighted by molar-refractivity contribution is 0.424. The average Bonchev–Trinajstić information content (AvgIpc) is 2.75. The number of benzene rings is 1. The van der Waals surface area contributed by atoms with Crippen LogP contribution in [-0.4, -0.2) is 17.7 Å². The normalized spacial score (nSPS) is 22.5. The highest BCUT2D eigenvalue weighted by molar-refractivity contribution is 5.86. The minimum atomic E-state index is -0.488. The highest BCUT2D eigenvalue weighted by atomic mass is 19.1. The van der Waals surface area contributed by atoms with Gasteiger partial charge in [-0.2, -0.15) is 0 Å². The van der Waals surface area contributed by atoms with Gasteiger partial charge in [0.1, 0.15) is 6.67 Å². The third-order valence-corrected chi connectivity index (χ3v) is 3.92. The molecule has 0 aliphatic carbocycles. The van der Waals surface area contributed by atoms with Crippen LogP contribution < -0.4 is 5.32 Å². The van der Waals surface area contributed by atoms with Crippen molar-refractivity contribution in [3.63, 3.8) is 0 Å². The van der Waals surface area contributed by atoms with E-state index in [0.29, 0.717) is 11.6 Å². The van der Waals surface area contributed by atoms with E-state index in [1.165, 1.54) is 16.5 Å². The van der Waals surface area contributed by atoms with Crippen molar-refractivity contribution in [3.05, 3.63) is 47.2 Å². The van der Waals surface area contributed by atoms with Gasteiger partial charge in [-0.1, -0.05) is 18.2 Å². The van der Waals surface area contributed by atoms with Gasteiger partial charge in [-0.25, -0.2) is 4.39 Å². The number of H-pyrrole nitrogens is 1. The van der Waals surface area contributed by atoms with Gasteiger partial charge in [-0.3, -0.25) is 0 Å². The Bertz CT molecular complexity index is 647. The fraction of sp³-hybridized carbons (Fsp3) is 0.375. The first-order chi connectivity index (χ1) is 9.10. The molecule has 2 aromatic rings. The van der Waals surface area contributed by atoms with Crippen molar-refractivity contribution in [1.29, 1.82) is 0 Å². The largest absolute Gasteiger partial charge is 0.357 e. The SMILES string of the molecule is C=C(CF)[C@H]1NC(C)Cc2c1[nH]c1ccc(C)cc21.[HH]. The Balaban J connectivity index is 0.00000147. The minimum Gasteiger partial charge on any atom is -0.357 e. The van der Waals surface area contributed by atoms with E-state index >= 15 is 0 Å². The number of alkyl halides is 1. The van der Waals surface area contributed by atoms with E-state index in [1.807, 2.05) is 0 Å². The van der Waals surface area contributed by atoms with Crippen molar-refractivity contribution in [2.24, 2.45) is 0 Å². The summed E-state index contributed by atoms with van der Waals surface area (Å²) in [4.78, 5) is 3.44. The zero-order chi connectivity index (χ0) is 13.6. The minimum absolute atomic E-state index is 0. The van der Waals surface area contributed by atoms with E-state index in [2.05, 4.69) is 48.9 Å². The molecule has 2 heterocycles. The third kappa shape index (κ3) is 1.98. The maximum atomic E-state index is 13.0. The number of halogens is 1. The molecule has 1 aromatic carbocycles. The van der Waals surface area contributed by atoms with Crippen LogP contribution in [0.25, 0.3) is 10.9 Å². The van der Waals surface area contributed by atoms with Crippen molar-refractivity contribution < 1.29 is 5.82 Å². The summed E-state index contributed by atoms with van der Waals surface area (Å²) in [6.07, 6.45) is 0.967. The van der Waals surface area contributed by atoms with Crippen molar-refractivity contribution in [3.8, 4) is 0 Å². The molecule has 102 valence electrons. The number of aromatic nitrogens is 1. The first-order valence-electron chi connectivity index (χ1n) is 6.71. The molecule has 1 aliphatic rings. The lowest BCUT2D eigenvalue weighted by Gasteiger charge is -2.30. The van der Waals surface area contributed by atoms with Gasteiger partial charge in [-0.05, 0) is 43.5 Å². The van der Waals surface area contributed by atoms with Gasteiger partial charge in [0.2, 0.25) is 0 Å². The molecule has 0 saturated heterocycles. The first kappa shape index (κ1) is 12.4. The number of aromatic amines is 1. The Morgan fingerprint density at radius 2 is 2.32 bits per heavy atom. The predicted molar refractivity (Wildman–Crippen MR) is 79.3 cm³/mol. The van der Waals surface area contributed by atoms with Gasteiger partial charge in [0.05, 0.1) is 6.04 Å². The summed E-state index contributed by atoms with van der Waals surface area (Å²) >= 11 is 0. The Kier molecular flexibility index (Phi) is 2.94. The molecule has 0 spiro atoms. The fourth-order valence-corrected chi connectivity index (χ4v) is 2.98. The maximum absolute atomic E-state index is 13.0. The molecule has 1 aromatic heterocycles. The molecule has 19 heavy (non-hydrogen) atoms. The lowest BCUT2D eigenvalue weighted by Crippen LogP contribution is -2.38. The standard InChI is InChI=1S/C16H19FN2.H2/c1-9-4-5-14-12(6-9)13-7-11(3)18-15(10(2)8-17)16(13)19-14;/h4-6,11,15,18-19H,2,7-8H2,1,3H3;1H/t11?,15-;/m1./s1. The van der Waals surface area contributed by atoms with Crippen LogP contribution in [0.5, 0.6) is 0 Å². The summed E-state index contributed by atoms with van der Waals surface area (Å²) in [5.74, 6) is 0. The molecular weight excluding hydrogens is 239 g/mol. The molecule has 2 nitrogen and oxygen atoms in total. The molecule has 0 amide bonds. The first-order valence-corrected chi connectivity index (χ1v) is 6.71. The summed E-state index contributed by atoms with van der Waals surface area (Å²) in [5, 5.41) is 4.69. The number of rotatable bonds is 2. The predicted octanol–water partition coefficient (Wildman–Crippen LogP) is 3.82. The van der Waals surface area contributed by atoms with Crippen LogP contribution in [0.2, 0.25) is 0 Å². The Morgan fingerprint density at radius 3 is 3.05 bits per heavy atom. The van der Waals surface area contributed by atoms with Gasteiger partial charge >= 0.3 is 0 Å². The van der Waals surface area contributed by atoms with Crippen LogP contribution in [-0.2, 0) is 6.42 Å². The summed E-state index contributed by atoms with van der Waals surface area (Å²) in [5.41, 5.74) is 5.37. The number of fused-ring (bicyclic) bond motifs is 3. The molecule has 0 saturated carbocycles. The van der Waals surface area contributed by atoms with Crippen LogP contribution in [0.15, 0.2) is 30.4 Å². The van der Waals surface area contributed by atoms with E-state index in [0.717, 1.165) is 17.6 Å². The second-order valence-electron chi connectivity index (χ2n) is 5.56. The van der Waals surface area contributed by atoms with Crippen LogP contribution in [0.3, 0.4) is 0 Å². The van der Waals surface area contributed by atoms with Gasteiger partial charge in [-0.15, -0.1) is 0 Å². The molecule has 2 N–H and O–H groups in total. The summed E-state index contributed by atoms with van der Waals surface area (Å²) in [7, 11) is 0. The lowest BCUT2D eigenvalue weighted by atomic mass is 9.91. The third-order valence-electron chi connectivity index (χ3n) is 3.92. The summed E-state index contributed by atoms with van der Waals surface area (Å²) in [6.45, 7) is 7.61. The number of hydrogen-bond acceptors (Lipinski definition) is 1. The van der Waals surface area contributed by atoms with Gasteiger partial charge in [0.25, 0.3) is 0 Å². The molecular formula is C16H21FN2. The van der Waals surface area contributed by atoms with Crippen LogP contribution in [0.1, 0.15) is 31.2 Å². The average molecular weight is 260 g/mol. The molecule has 0 radical (unpaired) electrons. The second-order valence-corrected chi connectivity index (χ2v) is 5.56. The number of nitrogens with one attached hydrogen (secondary N) is 2. The summed E-state index contributed by atoms with van der Waals surface area (Å²) in [6, 6.07) is 6.64. The van der Waals surface area contributed by atoms with E-state index in [-0.39, 0.29) is 7.47 Å². The molecule has 3 rings (SSSR count). The molecule has 2 atom stereocenters. The van der Waals surface area contributed by atoms with Gasteiger partial charge in [0.15, 0.2) is 0 Å². The summed E-state index contributed by atoms with van der Waals surface area (Å²) < 4.78 is 13.0. The number of aryl methyl sites for hydroxylation is 1.